The number of nitrogens with zero attached hydrogens (tertiary/aromatic N) is 2. The molecule has 1 aliphatic rings. The van der Waals surface area contributed by atoms with Crippen LogP contribution >= 0.6 is 11.3 Å². The van der Waals surface area contributed by atoms with Crippen LogP contribution in [0.25, 0.3) is 11.3 Å². The Morgan fingerprint density at radius 1 is 1.11 bits per heavy atom. The molecule has 9 heteroatoms. The molecule has 0 saturated heterocycles. The molecule has 0 bridgehead atoms. The molecule has 2 heterocycles. The van der Waals surface area contributed by atoms with Crippen LogP contribution in [0.3, 0.4) is 0 Å². The molecule has 1 fully saturated rings. The number of benzene rings is 2. The number of nitrogens with one attached hydrogen (secondary N) is 2. The second-order valence-electron chi connectivity index (χ2n) is 8.41. The Bertz CT molecular complexity index is 1380. The Kier molecular flexibility index (Phi) is 6.33. The highest BCUT2D eigenvalue weighted by Crippen LogP contribution is 2.39. The normalized spacial score (nSPS) is 13.3. The van der Waals surface area contributed by atoms with Crippen molar-refractivity contribution in [3.63, 3.8) is 0 Å². The molecule has 0 unspecified atom stereocenters. The van der Waals surface area contributed by atoms with E-state index in [9.17, 15) is 19.1 Å². The average molecular weight is 491 g/mol. The summed E-state index contributed by atoms with van der Waals surface area (Å²) in [7, 11) is 0. The van der Waals surface area contributed by atoms with E-state index in [-0.39, 0.29) is 29.9 Å². The van der Waals surface area contributed by atoms with Gasteiger partial charge in [-0.15, -0.1) is 11.3 Å². The van der Waals surface area contributed by atoms with Gasteiger partial charge in [-0.2, -0.15) is 9.78 Å². The maximum absolute atomic E-state index is 14.0. The lowest BCUT2D eigenvalue weighted by Gasteiger charge is -2.25. The van der Waals surface area contributed by atoms with Crippen molar-refractivity contribution >= 4 is 29.0 Å². The molecule has 0 spiro atoms. The zero-order valence-electron chi connectivity index (χ0n) is 18.7. The highest BCUT2D eigenvalue weighted by molar-refractivity contribution is 7.12. The molecule has 2 aromatic heterocycles. The van der Waals surface area contributed by atoms with Gasteiger partial charge in [0, 0.05) is 29.3 Å². The highest BCUT2D eigenvalue weighted by Gasteiger charge is 2.27. The summed E-state index contributed by atoms with van der Waals surface area (Å²) >= 11 is 1.33. The quantitative estimate of drug-likeness (QED) is 0.301. The monoisotopic (exact) mass is 490 g/mol. The lowest BCUT2D eigenvalue weighted by Crippen LogP contribution is -2.31. The Morgan fingerprint density at radius 2 is 1.94 bits per heavy atom. The first-order valence-corrected chi connectivity index (χ1v) is 12.2. The number of phenols is 1. The number of amides is 2. The second kappa shape index (κ2) is 9.71. The van der Waals surface area contributed by atoms with Crippen LogP contribution in [0.15, 0.2) is 66.0 Å². The van der Waals surface area contributed by atoms with E-state index in [1.807, 2.05) is 5.38 Å². The van der Waals surface area contributed by atoms with Gasteiger partial charge in [0.25, 0.3) is 5.91 Å². The number of anilines is 1. The van der Waals surface area contributed by atoms with Gasteiger partial charge in [-0.1, -0.05) is 30.7 Å². The van der Waals surface area contributed by atoms with E-state index in [1.54, 1.807) is 48.5 Å². The number of hydrogen-bond donors (Lipinski definition) is 3. The molecule has 3 N–H and O–H groups in total. The minimum atomic E-state index is -0.469. The molecule has 2 amide bonds. The summed E-state index contributed by atoms with van der Waals surface area (Å²) in [5.74, 6) is -0.473. The van der Waals surface area contributed by atoms with Crippen LogP contribution in [0.4, 0.5) is 14.9 Å². The number of aromatic hydroxyl groups is 1. The molecule has 1 saturated carbocycles. The zero-order chi connectivity index (χ0) is 24.4. The third kappa shape index (κ3) is 4.81. The minimum absolute atomic E-state index is 0.0179. The van der Waals surface area contributed by atoms with Gasteiger partial charge in [0.2, 0.25) is 0 Å². The van der Waals surface area contributed by atoms with Gasteiger partial charge in [-0.05, 0) is 54.6 Å². The van der Waals surface area contributed by atoms with Crippen LogP contribution in [0.2, 0.25) is 0 Å². The van der Waals surface area contributed by atoms with E-state index in [0.717, 1.165) is 25.0 Å². The fraction of sp³-hybridized carbons (Fsp3) is 0.192. The van der Waals surface area contributed by atoms with Crippen molar-refractivity contribution in [2.45, 2.75) is 31.7 Å². The fourth-order valence-corrected chi connectivity index (χ4v) is 4.61. The topological polar surface area (TPSA) is 96.2 Å². The maximum Gasteiger partial charge on any atom is 0.342 e. The molecule has 35 heavy (non-hydrogen) atoms. The first-order chi connectivity index (χ1) is 17.0. The summed E-state index contributed by atoms with van der Waals surface area (Å²) < 4.78 is 15.3. The van der Waals surface area contributed by atoms with Gasteiger partial charge in [0.05, 0.1) is 16.3 Å². The summed E-state index contributed by atoms with van der Waals surface area (Å²) in [5, 5.41) is 22.4. The fourth-order valence-electron chi connectivity index (χ4n) is 3.99. The Hall–Kier alpha value is -3.98. The van der Waals surface area contributed by atoms with Gasteiger partial charge in [0.15, 0.2) is 0 Å². The summed E-state index contributed by atoms with van der Waals surface area (Å²) in [4.78, 5) is 26.0. The van der Waals surface area contributed by atoms with E-state index >= 15 is 0 Å². The van der Waals surface area contributed by atoms with Gasteiger partial charge >= 0.3 is 6.03 Å². The zero-order valence-corrected chi connectivity index (χ0v) is 19.5. The van der Waals surface area contributed by atoms with Crippen LogP contribution in [0, 0.1) is 5.82 Å². The SMILES string of the molecule is O=C(Nc1ccc(O)c(-c2cc(C3CCC3)n(C(=O)NCc3ccccc3F)n2)c1)c1cccs1. The van der Waals surface area contributed by atoms with Crippen LogP contribution < -0.4 is 10.6 Å². The van der Waals surface area contributed by atoms with E-state index in [1.165, 1.54) is 28.2 Å². The van der Waals surface area contributed by atoms with E-state index in [4.69, 9.17) is 0 Å². The summed E-state index contributed by atoms with van der Waals surface area (Å²) in [5.41, 5.74) is 2.43. The molecule has 0 aliphatic heterocycles. The molecular weight excluding hydrogens is 467 g/mol. The second-order valence-corrected chi connectivity index (χ2v) is 9.36. The molecule has 0 atom stereocenters. The van der Waals surface area contributed by atoms with Crippen molar-refractivity contribution in [3.05, 3.63) is 88.0 Å². The lowest BCUT2D eigenvalue weighted by molar-refractivity contribution is 0.103. The predicted molar refractivity (Wildman–Crippen MR) is 132 cm³/mol. The number of aromatic nitrogens is 2. The molecule has 5 rings (SSSR count). The van der Waals surface area contributed by atoms with E-state index in [2.05, 4.69) is 15.7 Å². The van der Waals surface area contributed by atoms with Crippen molar-refractivity contribution in [1.82, 2.24) is 15.1 Å². The van der Waals surface area contributed by atoms with Gasteiger partial charge in [-0.25, -0.2) is 9.18 Å². The minimum Gasteiger partial charge on any atom is -0.507 e. The van der Waals surface area contributed by atoms with Crippen molar-refractivity contribution in [2.75, 3.05) is 5.32 Å². The summed E-state index contributed by atoms with van der Waals surface area (Å²) in [6.45, 7) is 0.0281. The molecule has 4 aromatic rings. The molecule has 7 nitrogen and oxygen atoms in total. The van der Waals surface area contributed by atoms with Crippen LogP contribution in [0.5, 0.6) is 5.75 Å². The largest absolute Gasteiger partial charge is 0.507 e. The standard InChI is InChI=1S/C26H23FN4O3S/c27-20-8-2-1-5-17(20)15-28-26(34)31-22(16-6-3-7-16)14-21(30-31)19-13-18(10-11-23(19)32)29-25(33)24-9-4-12-35-24/h1-2,4-5,8-14,16,32H,3,6-7,15H2,(H,28,34)(H,29,33). The van der Waals surface area contributed by atoms with Crippen LogP contribution in [-0.4, -0.2) is 26.8 Å². The van der Waals surface area contributed by atoms with Crippen molar-refractivity contribution in [1.29, 1.82) is 0 Å². The average Bonchev–Trinajstić information content (AvgIpc) is 3.49. The number of halogens is 1. The molecule has 1 aliphatic carbocycles. The van der Waals surface area contributed by atoms with Crippen molar-refractivity contribution < 1.29 is 19.1 Å². The Labute approximate surface area is 205 Å². The number of rotatable bonds is 6. The number of carbonyl (C=O) groups excluding carboxylic acids is 2. The van der Waals surface area contributed by atoms with Crippen molar-refractivity contribution in [3.8, 4) is 17.0 Å². The van der Waals surface area contributed by atoms with E-state index < -0.39 is 6.03 Å². The third-order valence-corrected chi connectivity index (χ3v) is 6.98. The third-order valence-electron chi connectivity index (χ3n) is 6.12. The first-order valence-electron chi connectivity index (χ1n) is 11.3. The highest BCUT2D eigenvalue weighted by atomic mass is 32.1. The van der Waals surface area contributed by atoms with Gasteiger partial charge in [-0.3, -0.25) is 4.79 Å². The smallest absolute Gasteiger partial charge is 0.342 e. The molecule has 178 valence electrons. The molecular formula is C26H23FN4O3S. The summed E-state index contributed by atoms with van der Waals surface area (Å²) in [6.07, 6.45) is 2.95. The van der Waals surface area contributed by atoms with Crippen LogP contribution in [-0.2, 0) is 6.54 Å². The number of carbonyl (C=O) groups is 2. The van der Waals surface area contributed by atoms with Gasteiger partial charge < -0.3 is 15.7 Å². The van der Waals surface area contributed by atoms with E-state index in [0.29, 0.717) is 27.4 Å². The maximum atomic E-state index is 14.0. The van der Waals surface area contributed by atoms with Gasteiger partial charge in [0.1, 0.15) is 11.6 Å². The van der Waals surface area contributed by atoms with Crippen molar-refractivity contribution in [2.24, 2.45) is 0 Å². The number of phenolic OH excluding ortho intramolecular Hbond substituents is 1. The Balaban J connectivity index is 1.41. The first kappa shape index (κ1) is 22.8. The Morgan fingerprint density at radius 3 is 2.66 bits per heavy atom. The lowest BCUT2D eigenvalue weighted by atomic mass is 9.82. The predicted octanol–water partition coefficient (Wildman–Crippen LogP) is 5.73. The van der Waals surface area contributed by atoms with Crippen LogP contribution in [0.1, 0.15) is 46.1 Å². The molecule has 2 aromatic carbocycles. The number of hydrogen-bond acceptors (Lipinski definition) is 5. The summed E-state index contributed by atoms with van der Waals surface area (Å²) in [6, 6.07) is 15.9. The molecule has 0 radical (unpaired) electrons. The number of thiophene rings is 1.